The molecule has 3 aromatic carbocycles. The Morgan fingerprint density at radius 2 is 1.52 bits per heavy atom. The highest BCUT2D eigenvalue weighted by atomic mass is 35.6. The van der Waals surface area contributed by atoms with Crippen LogP contribution in [-0.4, -0.2) is 75.6 Å². The summed E-state index contributed by atoms with van der Waals surface area (Å²) in [5, 5.41) is 3.38. The van der Waals surface area contributed by atoms with Crippen molar-refractivity contribution < 1.29 is 36.6 Å². The average Bonchev–Trinajstić information content (AvgIpc) is 3.95. The molecule has 1 saturated heterocycles. The molecule has 0 aromatic heterocycles. The molecular formula is C39H41Cl4F4N3O4. The first-order chi connectivity index (χ1) is 25.1. The number of ether oxygens (including phenoxy) is 2. The molecule has 3 aromatic rings. The Morgan fingerprint density at radius 3 is 2.17 bits per heavy atom. The molecule has 2 fully saturated rings. The second kappa shape index (κ2) is 17.3. The molecule has 2 bridgehead atoms. The van der Waals surface area contributed by atoms with E-state index >= 15 is 0 Å². The van der Waals surface area contributed by atoms with E-state index < -0.39 is 44.7 Å². The molecule has 54 heavy (non-hydrogen) atoms. The van der Waals surface area contributed by atoms with Crippen molar-refractivity contribution in [2.45, 2.75) is 79.9 Å². The molecule has 2 heterocycles. The van der Waals surface area contributed by atoms with Gasteiger partial charge in [-0.3, -0.25) is 9.69 Å². The third-order valence-corrected chi connectivity index (χ3v) is 11.3. The lowest BCUT2D eigenvalue weighted by Crippen LogP contribution is -2.64. The van der Waals surface area contributed by atoms with Gasteiger partial charge in [0.2, 0.25) is 9.61 Å². The van der Waals surface area contributed by atoms with Gasteiger partial charge in [-0.05, 0) is 98.9 Å². The van der Waals surface area contributed by atoms with Gasteiger partial charge < -0.3 is 19.7 Å². The predicted molar refractivity (Wildman–Crippen MR) is 203 cm³/mol. The highest BCUT2D eigenvalue weighted by molar-refractivity contribution is 6.68. The molecule has 1 N–H and O–H groups in total. The minimum Gasteiger partial charge on any atom is -0.488 e. The number of rotatable bonds is 12. The van der Waals surface area contributed by atoms with Gasteiger partial charge in [-0.15, -0.1) is 12.4 Å². The van der Waals surface area contributed by atoms with Gasteiger partial charge in [0.25, 0.3) is 5.91 Å². The third-order valence-electron chi connectivity index (χ3n) is 9.97. The molecule has 3 aliphatic rings. The van der Waals surface area contributed by atoms with Crippen LogP contribution in [0, 0.1) is 23.3 Å². The summed E-state index contributed by atoms with van der Waals surface area (Å²) < 4.78 is 64.2. The van der Waals surface area contributed by atoms with E-state index in [2.05, 4.69) is 5.32 Å². The molecule has 2 amide bonds. The van der Waals surface area contributed by atoms with E-state index in [1.54, 1.807) is 17.0 Å². The lowest BCUT2D eigenvalue weighted by molar-refractivity contribution is -0.128. The van der Waals surface area contributed by atoms with Crippen molar-refractivity contribution >= 4 is 64.8 Å². The predicted octanol–water partition coefficient (Wildman–Crippen LogP) is 9.00. The molecule has 1 saturated carbocycles. The van der Waals surface area contributed by atoms with Crippen molar-refractivity contribution in [1.29, 1.82) is 0 Å². The molecule has 0 spiro atoms. The summed E-state index contributed by atoms with van der Waals surface area (Å²) in [5.41, 5.74) is 2.45. The molecule has 7 nitrogen and oxygen atoms in total. The van der Waals surface area contributed by atoms with Crippen molar-refractivity contribution in [3.8, 4) is 5.75 Å². The summed E-state index contributed by atoms with van der Waals surface area (Å²) in [5.74, 6) is -4.79. The van der Waals surface area contributed by atoms with Gasteiger partial charge in [-0.2, -0.15) is 4.39 Å². The molecular weight excluding hydrogens is 792 g/mol. The summed E-state index contributed by atoms with van der Waals surface area (Å²) in [6.45, 7) is 4.15. The summed E-state index contributed by atoms with van der Waals surface area (Å²) in [4.78, 5) is 32.2. The molecule has 2 atom stereocenters. The number of hydrogen-bond donors (Lipinski definition) is 1. The van der Waals surface area contributed by atoms with E-state index in [1.165, 1.54) is 26.0 Å². The van der Waals surface area contributed by atoms with Crippen LogP contribution in [0.15, 0.2) is 66.2 Å². The zero-order chi connectivity index (χ0) is 38.1. The normalized spacial score (nSPS) is 18.6. The molecule has 2 aliphatic heterocycles. The lowest BCUT2D eigenvalue weighted by Gasteiger charge is -2.48. The van der Waals surface area contributed by atoms with Gasteiger partial charge in [-0.1, -0.05) is 71.2 Å². The number of benzene rings is 3. The second-order valence-electron chi connectivity index (χ2n) is 14.1. The maximum atomic E-state index is 14.8. The van der Waals surface area contributed by atoms with E-state index in [9.17, 15) is 27.2 Å². The Bertz CT molecular complexity index is 1850. The first-order valence-electron chi connectivity index (χ1n) is 17.6. The molecule has 6 rings (SSSR count). The monoisotopic (exact) mass is 831 g/mol. The van der Waals surface area contributed by atoms with Gasteiger partial charge in [0.15, 0.2) is 23.0 Å². The largest absolute Gasteiger partial charge is 0.488 e. The van der Waals surface area contributed by atoms with Gasteiger partial charge in [0.1, 0.15) is 5.82 Å². The third kappa shape index (κ3) is 9.41. The summed E-state index contributed by atoms with van der Waals surface area (Å²) in [6.07, 6.45) is 2.80. The number of aryl methyl sites for hydroxylation is 1. The number of carbonyl (C=O) groups is 2. The standard InChI is InChI=1S/C39H40Cl3F4N3O4.ClH/c1-38(2,39(40,41)42)53-37(51)49-28-20-29(25-9-5-23(6-10-25)4-3-19-52-35-31(45)16-15-30(44)34(35)46)33(32(49)22-47-21-28)36(50)48(27-13-14-27)18-17-24-7-11-26(43)12-8-24;/h5-12,15-16,27-28,32,47H,3-4,13-14,17-22H2,1-2H3;1H/t28?,32-;/m1./s1. The van der Waals surface area contributed by atoms with Crippen molar-refractivity contribution in [2.75, 3.05) is 26.2 Å². The van der Waals surface area contributed by atoms with Crippen LogP contribution < -0.4 is 10.1 Å². The number of carbonyl (C=O) groups excluding carboxylic acids is 2. The van der Waals surface area contributed by atoms with Crippen LogP contribution in [0.4, 0.5) is 22.4 Å². The van der Waals surface area contributed by atoms with E-state index in [1.807, 2.05) is 29.2 Å². The maximum Gasteiger partial charge on any atom is 0.411 e. The summed E-state index contributed by atoms with van der Waals surface area (Å²) >= 11 is 18.5. The maximum absolute atomic E-state index is 14.8. The number of nitrogens with zero attached hydrogens (tertiary/aromatic N) is 2. The average molecular weight is 834 g/mol. The molecule has 1 unspecified atom stereocenters. The van der Waals surface area contributed by atoms with Gasteiger partial charge in [0, 0.05) is 31.2 Å². The Kier molecular flexibility index (Phi) is 13.4. The fourth-order valence-corrected chi connectivity index (χ4v) is 6.92. The highest BCUT2D eigenvalue weighted by Gasteiger charge is 2.50. The quantitative estimate of drug-likeness (QED) is 0.0855. The number of fused-ring (bicyclic) bond motifs is 2. The van der Waals surface area contributed by atoms with Crippen molar-refractivity contribution in [3.05, 3.63) is 106 Å². The minimum atomic E-state index is -1.91. The molecule has 0 radical (unpaired) electrons. The first-order valence-corrected chi connectivity index (χ1v) is 18.7. The fourth-order valence-electron chi connectivity index (χ4n) is 6.80. The van der Waals surface area contributed by atoms with E-state index in [4.69, 9.17) is 44.3 Å². The fraction of sp³-hybridized carbons (Fsp3) is 0.436. The molecule has 15 heteroatoms. The number of hydrogen-bond acceptors (Lipinski definition) is 5. The highest BCUT2D eigenvalue weighted by Crippen LogP contribution is 2.43. The number of nitrogens with one attached hydrogen (secondary N) is 1. The van der Waals surface area contributed by atoms with Crippen molar-refractivity contribution in [1.82, 2.24) is 15.1 Å². The van der Waals surface area contributed by atoms with Crippen molar-refractivity contribution in [2.24, 2.45) is 0 Å². The van der Waals surface area contributed by atoms with Crippen LogP contribution >= 0.6 is 47.2 Å². The van der Waals surface area contributed by atoms with Gasteiger partial charge in [0.05, 0.1) is 18.7 Å². The van der Waals surface area contributed by atoms with E-state index in [-0.39, 0.29) is 42.8 Å². The number of amides is 2. The summed E-state index contributed by atoms with van der Waals surface area (Å²) in [7, 11) is 0. The first kappa shape index (κ1) is 41.9. The summed E-state index contributed by atoms with van der Waals surface area (Å²) in [6, 6.07) is 14.4. The van der Waals surface area contributed by atoms with Crippen LogP contribution in [-0.2, 0) is 22.4 Å². The minimum absolute atomic E-state index is 0. The van der Waals surface area contributed by atoms with Crippen LogP contribution in [0.5, 0.6) is 5.75 Å². The lowest BCUT2D eigenvalue weighted by atomic mass is 9.81. The Hall–Kier alpha value is -3.22. The van der Waals surface area contributed by atoms with Gasteiger partial charge >= 0.3 is 6.09 Å². The SMILES string of the molecule is CC(C)(OC(=O)N1C2CNC[C@@H]1C(C(=O)N(CCc1ccc(F)cc1)C1CC1)=C(c1ccc(CCCOc3c(F)ccc(F)c3F)cc1)C2)C(Cl)(Cl)Cl.Cl. The van der Waals surface area contributed by atoms with Crippen LogP contribution in [0.1, 0.15) is 56.2 Å². The zero-order valence-corrected chi connectivity index (χ0v) is 32.7. The smallest absolute Gasteiger partial charge is 0.411 e. The molecule has 1 aliphatic carbocycles. The number of halogens is 8. The topological polar surface area (TPSA) is 71.1 Å². The Balaban J connectivity index is 0.00000561. The Morgan fingerprint density at radius 1 is 0.889 bits per heavy atom. The van der Waals surface area contributed by atoms with E-state index in [0.717, 1.165) is 41.2 Å². The van der Waals surface area contributed by atoms with Crippen LogP contribution in [0.25, 0.3) is 5.57 Å². The van der Waals surface area contributed by atoms with E-state index in [0.29, 0.717) is 57.0 Å². The van der Waals surface area contributed by atoms with Gasteiger partial charge in [-0.25, -0.2) is 18.0 Å². The van der Waals surface area contributed by atoms with Crippen LogP contribution in [0.3, 0.4) is 0 Å². The van der Waals surface area contributed by atoms with Crippen molar-refractivity contribution in [3.63, 3.8) is 0 Å². The van der Waals surface area contributed by atoms with Crippen LogP contribution in [0.2, 0.25) is 0 Å². The second-order valence-corrected chi connectivity index (χ2v) is 16.4. The number of piperazine rings is 1. The molecule has 292 valence electrons. The number of alkyl halides is 3. The zero-order valence-electron chi connectivity index (χ0n) is 29.7. The Labute approximate surface area is 333 Å².